The van der Waals surface area contributed by atoms with Crippen molar-refractivity contribution in [1.82, 2.24) is 4.57 Å². The molecule has 0 aliphatic rings. The minimum atomic E-state index is -2.55. The van der Waals surface area contributed by atoms with Crippen LogP contribution in [-0.4, -0.2) is 21.9 Å². The molecule has 23 heavy (non-hydrogen) atoms. The second-order valence-electron chi connectivity index (χ2n) is 4.40. The van der Waals surface area contributed by atoms with E-state index in [4.69, 9.17) is 21.1 Å². The predicted octanol–water partition coefficient (Wildman–Crippen LogP) is 3.13. The molecule has 0 amide bonds. The molecule has 3 aromatic carbocycles. The van der Waals surface area contributed by atoms with E-state index in [-0.39, 0.29) is 10.8 Å². The van der Waals surface area contributed by atoms with E-state index >= 15 is 0 Å². The van der Waals surface area contributed by atoms with Gasteiger partial charge >= 0.3 is 7.32 Å². The van der Waals surface area contributed by atoms with Crippen molar-refractivity contribution in [3.8, 4) is 11.4 Å². The molecule has 0 aliphatic heterocycles. The molecule has 0 spiro atoms. The SMILES string of the molecule is [2H]c1c([2H])c([2H])c(-n2c3c([2H])c([2H])c([2H])c([2H])c3c3c([2H])c([2H])c([2H])c([2H])c32)c(OB(O)O)c1[2H]. The van der Waals surface area contributed by atoms with Crippen molar-refractivity contribution in [3.05, 3.63) is 72.5 Å². The fourth-order valence-corrected chi connectivity index (χ4v) is 2.29. The van der Waals surface area contributed by atoms with Gasteiger partial charge in [-0.25, -0.2) is 0 Å². The van der Waals surface area contributed by atoms with Crippen molar-refractivity contribution < 1.29 is 31.2 Å². The Bertz CT molecular complexity index is 1510. The lowest BCUT2D eigenvalue weighted by molar-refractivity contribution is 0.288. The first-order valence-corrected chi connectivity index (χ1v) is 6.38. The van der Waals surface area contributed by atoms with E-state index in [9.17, 15) is 10.0 Å². The zero-order chi connectivity index (χ0) is 26.3. The Morgan fingerprint density at radius 3 is 1.91 bits per heavy atom. The van der Waals surface area contributed by atoms with E-state index in [1.807, 2.05) is 0 Å². The van der Waals surface area contributed by atoms with E-state index in [0.717, 1.165) is 4.57 Å². The molecule has 4 rings (SSSR count). The normalized spacial score (nSPS) is 18.3. The van der Waals surface area contributed by atoms with Gasteiger partial charge < -0.3 is 19.3 Å². The van der Waals surface area contributed by atoms with E-state index < -0.39 is 102 Å². The van der Waals surface area contributed by atoms with Gasteiger partial charge in [-0.15, -0.1) is 0 Å². The first-order valence-electron chi connectivity index (χ1n) is 12.4. The van der Waals surface area contributed by atoms with Gasteiger partial charge in [-0.2, -0.15) is 0 Å². The van der Waals surface area contributed by atoms with Gasteiger partial charge in [0.15, 0.2) is 0 Å². The molecule has 2 N–H and O–H groups in total. The molecule has 0 aliphatic carbocycles. The second kappa shape index (κ2) is 5.46. The zero-order valence-corrected chi connectivity index (χ0v) is 11.3. The maximum absolute atomic E-state index is 9.42. The summed E-state index contributed by atoms with van der Waals surface area (Å²) in [7, 11) is -2.55. The fourth-order valence-electron chi connectivity index (χ4n) is 2.29. The molecule has 1 heterocycles. The highest BCUT2D eigenvalue weighted by molar-refractivity contribution is 6.33. The van der Waals surface area contributed by atoms with Crippen LogP contribution in [0.1, 0.15) is 16.4 Å². The number of para-hydroxylation sites is 4. The van der Waals surface area contributed by atoms with Gasteiger partial charge in [0.1, 0.15) is 5.75 Å². The van der Waals surface area contributed by atoms with E-state index in [1.54, 1.807) is 0 Å². The van der Waals surface area contributed by atoms with Gasteiger partial charge in [-0.3, -0.25) is 0 Å². The Labute approximate surface area is 150 Å². The third-order valence-corrected chi connectivity index (χ3v) is 3.11. The molecule has 0 bridgehead atoms. The number of rotatable bonds is 3. The van der Waals surface area contributed by atoms with Crippen LogP contribution in [0.5, 0.6) is 5.75 Å². The summed E-state index contributed by atoms with van der Waals surface area (Å²) in [5.74, 6) is -0.815. The van der Waals surface area contributed by atoms with E-state index in [1.165, 1.54) is 0 Å². The Balaban J connectivity index is 2.47. The molecule has 5 heteroatoms. The van der Waals surface area contributed by atoms with Gasteiger partial charge in [0.25, 0.3) is 0 Å². The molecule has 0 fully saturated rings. The standard InChI is InChI=1S/C18H14BNO3/c21-19(22)23-18-12-6-5-11-17(18)20-15-9-3-1-7-13(15)14-8-2-4-10-16(14)20/h1-12,21-22H/i1D,2D,3D,4D,5D,6D,7D,8D,9D,10D,11D,12D. The van der Waals surface area contributed by atoms with Gasteiger partial charge in [0.05, 0.1) is 33.2 Å². The largest absolute Gasteiger partial charge is 0.707 e. The lowest BCUT2D eigenvalue weighted by Gasteiger charge is -2.14. The number of nitrogens with zero attached hydrogens (tertiary/aromatic N) is 1. The molecule has 112 valence electrons. The second-order valence-corrected chi connectivity index (χ2v) is 4.40. The van der Waals surface area contributed by atoms with Crippen LogP contribution < -0.4 is 4.65 Å². The minimum absolute atomic E-state index is 0.319. The Morgan fingerprint density at radius 1 is 0.783 bits per heavy atom. The highest BCUT2D eigenvalue weighted by Crippen LogP contribution is 2.34. The number of aromatic nitrogens is 1. The van der Waals surface area contributed by atoms with Gasteiger partial charge in [0, 0.05) is 10.8 Å². The molecule has 0 atom stereocenters. The fraction of sp³-hybridized carbons (Fsp3) is 0. The van der Waals surface area contributed by atoms with Crippen molar-refractivity contribution in [3.63, 3.8) is 0 Å². The topological polar surface area (TPSA) is 54.6 Å². The van der Waals surface area contributed by atoms with Crippen molar-refractivity contribution in [1.29, 1.82) is 0 Å². The average molecular weight is 315 g/mol. The van der Waals surface area contributed by atoms with Crippen LogP contribution in [0.2, 0.25) is 0 Å². The highest BCUT2D eigenvalue weighted by Gasteiger charge is 2.18. The molecule has 0 unspecified atom stereocenters. The molecule has 4 aromatic rings. The molecule has 0 saturated heterocycles. The predicted molar refractivity (Wildman–Crippen MR) is 91.6 cm³/mol. The van der Waals surface area contributed by atoms with Crippen LogP contribution in [0.25, 0.3) is 27.5 Å². The van der Waals surface area contributed by atoms with Crippen LogP contribution >= 0.6 is 0 Å². The molecule has 0 radical (unpaired) electrons. The van der Waals surface area contributed by atoms with E-state index in [2.05, 4.69) is 0 Å². The summed E-state index contributed by atoms with van der Waals surface area (Å²) in [4.78, 5) is 0. The van der Waals surface area contributed by atoms with Crippen molar-refractivity contribution >= 4 is 29.1 Å². The monoisotopic (exact) mass is 315 g/mol. The van der Waals surface area contributed by atoms with Gasteiger partial charge in [-0.1, -0.05) is 48.3 Å². The number of hydrogen-bond acceptors (Lipinski definition) is 3. The Hall–Kier alpha value is -2.76. The summed E-state index contributed by atoms with van der Waals surface area (Å²) in [6.07, 6.45) is 0. The maximum Gasteiger partial charge on any atom is 0.707 e. The summed E-state index contributed by atoms with van der Waals surface area (Å²) in [5, 5.41) is 18.2. The third-order valence-electron chi connectivity index (χ3n) is 3.11. The van der Waals surface area contributed by atoms with Crippen molar-refractivity contribution in [2.24, 2.45) is 0 Å². The lowest BCUT2D eigenvalue weighted by Crippen LogP contribution is -2.21. The smallest absolute Gasteiger partial charge is 0.510 e. The molecular formula is C18H14BNO3. The van der Waals surface area contributed by atoms with Crippen LogP contribution in [0.4, 0.5) is 0 Å². The molecular weight excluding hydrogens is 289 g/mol. The van der Waals surface area contributed by atoms with Crippen LogP contribution in [-0.2, 0) is 0 Å². The summed E-state index contributed by atoms with van der Waals surface area (Å²) < 4.78 is 104. The molecule has 4 nitrogen and oxygen atoms in total. The minimum Gasteiger partial charge on any atom is -0.510 e. The summed E-state index contributed by atoms with van der Waals surface area (Å²) >= 11 is 0. The number of fused-ring (bicyclic) bond motifs is 3. The maximum atomic E-state index is 9.42. The first-order chi connectivity index (χ1) is 16.2. The highest BCUT2D eigenvalue weighted by atomic mass is 16.6. The third kappa shape index (κ3) is 2.27. The summed E-state index contributed by atoms with van der Waals surface area (Å²) in [6.45, 7) is 0. The summed E-state index contributed by atoms with van der Waals surface area (Å²) in [6, 6.07) is -8.79. The number of benzene rings is 3. The van der Waals surface area contributed by atoms with Crippen LogP contribution in [0.15, 0.2) is 72.5 Å². The van der Waals surface area contributed by atoms with Gasteiger partial charge in [0.2, 0.25) is 0 Å². The molecule has 1 aromatic heterocycles. The number of hydrogen-bond donors (Lipinski definition) is 2. The Kier molecular flexibility index (Phi) is 1.43. The van der Waals surface area contributed by atoms with Crippen LogP contribution in [0, 0.1) is 0 Å². The molecule has 0 saturated carbocycles. The van der Waals surface area contributed by atoms with Gasteiger partial charge in [-0.05, 0) is 24.2 Å². The first kappa shape index (κ1) is 6.04. The van der Waals surface area contributed by atoms with E-state index in [0.29, 0.717) is 0 Å². The van der Waals surface area contributed by atoms with Crippen LogP contribution in [0.3, 0.4) is 0 Å². The Morgan fingerprint density at radius 2 is 1.30 bits per heavy atom. The average Bonchev–Trinajstić information content (AvgIpc) is 3.16. The van der Waals surface area contributed by atoms with Crippen molar-refractivity contribution in [2.45, 2.75) is 0 Å². The zero-order valence-electron chi connectivity index (χ0n) is 23.3. The lowest BCUT2D eigenvalue weighted by atomic mass is 10.2. The summed E-state index contributed by atoms with van der Waals surface area (Å²) in [5.41, 5.74) is -1.47. The quantitative estimate of drug-likeness (QED) is 0.571. The van der Waals surface area contributed by atoms with Crippen molar-refractivity contribution in [2.75, 3.05) is 0 Å².